The molecule has 0 N–H and O–H groups in total. The molecule has 0 fully saturated rings. The summed E-state index contributed by atoms with van der Waals surface area (Å²) < 4.78 is 1.99. The molecule has 2 aromatic carbocycles. The molecular weight excluding hydrogens is 398 g/mol. The number of carbonyl (C=O) groups excluding carboxylic acids is 1. The fraction of sp³-hybridized carbons (Fsp3) is 0.0500. The van der Waals surface area contributed by atoms with Gasteiger partial charge in [-0.1, -0.05) is 47.6 Å². The van der Waals surface area contributed by atoms with Gasteiger partial charge >= 0.3 is 0 Å². The highest BCUT2D eigenvalue weighted by molar-refractivity contribution is 7.99. The van der Waals surface area contributed by atoms with Crippen LogP contribution in [0.25, 0.3) is 16.4 Å². The van der Waals surface area contributed by atoms with Crippen molar-refractivity contribution in [2.45, 2.75) is 5.16 Å². The van der Waals surface area contributed by atoms with Crippen LogP contribution in [0, 0.1) is 0 Å². The number of aromatic nitrogens is 3. The molecule has 0 saturated heterocycles. The summed E-state index contributed by atoms with van der Waals surface area (Å²) in [5.41, 5.74) is 1.60. The van der Waals surface area contributed by atoms with E-state index in [-0.39, 0.29) is 11.5 Å². The minimum Gasteiger partial charge on any atom is -0.293 e. The van der Waals surface area contributed by atoms with E-state index in [9.17, 15) is 4.79 Å². The van der Waals surface area contributed by atoms with Crippen LogP contribution in [0.4, 0.5) is 0 Å². The molecule has 0 radical (unpaired) electrons. The molecule has 2 aromatic heterocycles. The molecule has 0 aliphatic carbocycles. The van der Waals surface area contributed by atoms with E-state index in [0.717, 1.165) is 16.4 Å². The smallest absolute Gasteiger partial charge is 0.196 e. The molecule has 0 unspecified atom stereocenters. The molecule has 7 heteroatoms. The first-order valence-corrected chi connectivity index (χ1v) is 10.4. The Labute approximate surface area is 169 Å². The van der Waals surface area contributed by atoms with Crippen molar-refractivity contribution in [2.24, 2.45) is 0 Å². The zero-order valence-corrected chi connectivity index (χ0v) is 16.5. The van der Waals surface area contributed by atoms with Gasteiger partial charge in [0, 0.05) is 16.3 Å². The standard InChI is InChI=1S/C20H14ClN3OS2/c21-15-10-8-14(9-11-15)17(25)13-27-20-23-22-19(18-7-4-12-26-18)24(20)16-5-2-1-3-6-16/h1-12H,13H2. The van der Waals surface area contributed by atoms with Crippen LogP contribution in [0.1, 0.15) is 10.4 Å². The van der Waals surface area contributed by atoms with Gasteiger partial charge in [-0.2, -0.15) is 0 Å². The third kappa shape index (κ3) is 3.98. The summed E-state index contributed by atoms with van der Waals surface area (Å²) in [5.74, 6) is 1.08. The predicted molar refractivity (Wildman–Crippen MR) is 111 cm³/mol. The fourth-order valence-electron chi connectivity index (χ4n) is 2.59. The minimum atomic E-state index is 0.0250. The van der Waals surface area contributed by atoms with Gasteiger partial charge in [-0.15, -0.1) is 21.5 Å². The van der Waals surface area contributed by atoms with Gasteiger partial charge in [-0.25, -0.2) is 0 Å². The summed E-state index contributed by atoms with van der Waals surface area (Å²) in [6, 6.07) is 20.9. The van der Waals surface area contributed by atoms with Crippen LogP contribution in [-0.2, 0) is 0 Å². The van der Waals surface area contributed by atoms with Crippen molar-refractivity contribution in [1.29, 1.82) is 0 Å². The topological polar surface area (TPSA) is 47.8 Å². The lowest BCUT2D eigenvalue weighted by Gasteiger charge is -2.09. The Bertz CT molecular complexity index is 1040. The van der Waals surface area contributed by atoms with Crippen LogP contribution in [0.2, 0.25) is 5.02 Å². The predicted octanol–water partition coefficient (Wildman–Crippen LogP) is 5.62. The number of Topliss-reactive ketones (excluding diaryl/α,β-unsaturated/α-hetero) is 1. The Balaban J connectivity index is 1.63. The molecule has 0 spiro atoms. The number of halogens is 1. The number of benzene rings is 2. The van der Waals surface area contributed by atoms with Gasteiger partial charge in [0.2, 0.25) is 0 Å². The molecule has 4 nitrogen and oxygen atoms in total. The van der Waals surface area contributed by atoms with Crippen molar-refractivity contribution in [3.63, 3.8) is 0 Å². The van der Waals surface area contributed by atoms with E-state index in [2.05, 4.69) is 10.2 Å². The largest absolute Gasteiger partial charge is 0.293 e. The Morgan fingerprint density at radius 2 is 1.78 bits per heavy atom. The number of nitrogens with zero attached hydrogens (tertiary/aromatic N) is 3. The molecule has 0 aliphatic rings. The van der Waals surface area contributed by atoms with Gasteiger partial charge in [0.05, 0.1) is 10.6 Å². The van der Waals surface area contributed by atoms with Gasteiger partial charge in [0.1, 0.15) is 0 Å². The minimum absolute atomic E-state index is 0.0250. The molecule has 0 amide bonds. The van der Waals surface area contributed by atoms with Gasteiger partial charge in [-0.3, -0.25) is 9.36 Å². The summed E-state index contributed by atoms with van der Waals surface area (Å²) >= 11 is 8.88. The third-order valence-corrected chi connectivity index (χ3v) is 5.93. The zero-order chi connectivity index (χ0) is 18.6. The maximum atomic E-state index is 12.5. The first-order valence-electron chi connectivity index (χ1n) is 8.18. The first kappa shape index (κ1) is 18.0. The van der Waals surface area contributed by atoms with Crippen molar-refractivity contribution in [2.75, 3.05) is 5.75 Å². The number of ketones is 1. The van der Waals surface area contributed by atoms with Crippen molar-refractivity contribution < 1.29 is 4.79 Å². The molecule has 4 aromatic rings. The molecule has 4 rings (SSSR count). The van der Waals surface area contributed by atoms with Crippen LogP contribution in [0.15, 0.2) is 77.3 Å². The Morgan fingerprint density at radius 1 is 1.00 bits per heavy atom. The molecule has 134 valence electrons. The lowest BCUT2D eigenvalue weighted by molar-refractivity contribution is 0.102. The van der Waals surface area contributed by atoms with Gasteiger partial charge in [0.15, 0.2) is 16.8 Å². The molecular formula is C20H14ClN3OS2. The summed E-state index contributed by atoms with van der Waals surface area (Å²) in [7, 11) is 0. The van der Waals surface area contributed by atoms with Crippen LogP contribution in [0.3, 0.4) is 0 Å². The average molecular weight is 412 g/mol. The summed E-state index contributed by atoms with van der Waals surface area (Å²) in [5, 5.41) is 12.0. The Hall–Kier alpha value is -2.41. The van der Waals surface area contributed by atoms with Gasteiger partial charge in [0.25, 0.3) is 0 Å². The van der Waals surface area contributed by atoms with Crippen LogP contribution in [0.5, 0.6) is 0 Å². The van der Waals surface area contributed by atoms with E-state index in [0.29, 0.717) is 15.7 Å². The number of hydrogen-bond acceptors (Lipinski definition) is 5. The molecule has 2 heterocycles. The van der Waals surface area contributed by atoms with E-state index in [4.69, 9.17) is 11.6 Å². The van der Waals surface area contributed by atoms with E-state index in [1.54, 1.807) is 35.6 Å². The summed E-state index contributed by atoms with van der Waals surface area (Å²) in [6.07, 6.45) is 0. The molecule has 27 heavy (non-hydrogen) atoms. The van der Waals surface area contributed by atoms with E-state index >= 15 is 0 Å². The summed E-state index contributed by atoms with van der Waals surface area (Å²) in [6.45, 7) is 0. The maximum absolute atomic E-state index is 12.5. The van der Waals surface area contributed by atoms with Crippen molar-refractivity contribution >= 4 is 40.5 Å². The normalized spacial score (nSPS) is 10.9. The lowest BCUT2D eigenvalue weighted by atomic mass is 10.1. The second-order valence-electron chi connectivity index (χ2n) is 5.67. The van der Waals surface area contributed by atoms with E-state index < -0.39 is 0 Å². The number of carbonyl (C=O) groups is 1. The highest BCUT2D eigenvalue weighted by Gasteiger charge is 2.18. The molecule has 0 atom stereocenters. The van der Waals surface area contributed by atoms with Gasteiger partial charge < -0.3 is 0 Å². The quantitative estimate of drug-likeness (QED) is 0.305. The number of rotatable bonds is 6. The fourth-order valence-corrected chi connectivity index (χ4v) is 4.26. The second-order valence-corrected chi connectivity index (χ2v) is 8.00. The third-order valence-electron chi connectivity index (χ3n) is 3.89. The zero-order valence-electron chi connectivity index (χ0n) is 14.1. The first-order chi connectivity index (χ1) is 13.2. The van der Waals surface area contributed by atoms with Crippen molar-refractivity contribution in [1.82, 2.24) is 14.8 Å². The number of thiophene rings is 1. The SMILES string of the molecule is O=C(CSc1nnc(-c2cccs2)n1-c1ccccc1)c1ccc(Cl)cc1. The average Bonchev–Trinajstić information content (AvgIpc) is 3.37. The van der Waals surface area contributed by atoms with Crippen LogP contribution < -0.4 is 0 Å². The van der Waals surface area contributed by atoms with Crippen LogP contribution in [-0.4, -0.2) is 26.3 Å². The van der Waals surface area contributed by atoms with E-state index in [1.165, 1.54) is 11.8 Å². The lowest BCUT2D eigenvalue weighted by Crippen LogP contribution is -2.04. The van der Waals surface area contributed by atoms with Crippen LogP contribution >= 0.6 is 34.7 Å². The second kappa shape index (κ2) is 8.08. The number of hydrogen-bond donors (Lipinski definition) is 0. The molecule has 0 bridgehead atoms. The highest BCUT2D eigenvalue weighted by atomic mass is 35.5. The molecule has 0 aliphatic heterocycles. The van der Waals surface area contributed by atoms with Crippen molar-refractivity contribution in [3.05, 3.63) is 82.7 Å². The maximum Gasteiger partial charge on any atom is 0.196 e. The summed E-state index contributed by atoms with van der Waals surface area (Å²) in [4.78, 5) is 13.5. The Kier molecular flexibility index (Phi) is 5.38. The Morgan fingerprint density at radius 3 is 2.48 bits per heavy atom. The number of thioether (sulfide) groups is 1. The van der Waals surface area contributed by atoms with Gasteiger partial charge in [-0.05, 0) is 47.8 Å². The van der Waals surface area contributed by atoms with Crippen molar-refractivity contribution in [3.8, 4) is 16.4 Å². The molecule has 0 saturated carbocycles. The highest BCUT2D eigenvalue weighted by Crippen LogP contribution is 2.30. The monoisotopic (exact) mass is 411 g/mol. The number of para-hydroxylation sites is 1. The van der Waals surface area contributed by atoms with E-state index in [1.807, 2.05) is 52.4 Å².